The van der Waals surface area contributed by atoms with Crippen molar-refractivity contribution in [3.8, 4) is 28.5 Å². The molecule has 0 spiro atoms. The zero-order chi connectivity index (χ0) is 27.2. The summed E-state index contributed by atoms with van der Waals surface area (Å²) < 4.78 is 40.9. The van der Waals surface area contributed by atoms with E-state index in [0.717, 1.165) is 35.1 Å². The van der Waals surface area contributed by atoms with Gasteiger partial charge in [-0.05, 0) is 23.8 Å². The molecule has 2 unspecified atom stereocenters. The Balaban J connectivity index is 1.32. The molecule has 1 fully saturated rings. The number of benzene rings is 1. The first kappa shape index (κ1) is 27.3. The first-order chi connectivity index (χ1) is 19.0. The van der Waals surface area contributed by atoms with Crippen molar-refractivity contribution >= 4 is 22.2 Å². The molecule has 208 valence electrons. The van der Waals surface area contributed by atoms with E-state index in [-0.39, 0.29) is 6.54 Å². The molecule has 1 saturated heterocycles. The van der Waals surface area contributed by atoms with Gasteiger partial charge in [-0.3, -0.25) is 14.2 Å². The number of nitrogens with one attached hydrogen (secondary N) is 3. The maximum Gasteiger partial charge on any atom is 0.248 e. The van der Waals surface area contributed by atoms with Gasteiger partial charge in [0, 0.05) is 66.7 Å². The smallest absolute Gasteiger partial charge is 0.248 e. The summed E-state index contributed by atoms with van der Waals surface area (Å²) in [5.74, 6) is 1.03. The van der Waals surface area contributed by atoms with Crippen LogP contribution in [-0.4, -0.2) is 96.8 Å². The van der Waals surface area contributed by atoms with Crippen molar-refractivity contribution in [3.63, 3.8) is 0 Å². The maximum absolute atomic E-state index is 11.0. The summed E-state index contributed by atoms with van der Waals surface area (Å²) in [4.78, 5) is 6.50. The Kier molecular flexibility index (Phi) is 8.88. The molecule has 0 saturated carbocycles. The number of methoxy groups -OCH3 is 1. The molecule has 2 atom stereocenters. The molecule has 39 heavy (non-hydrogen) atoms. The predicted molar refractivity (Wildman–Crippen MR) is 140 cm³/mol. The van der Waals surface area contributed by atoms with Crippen molar-refractivity contribution < 1.29 is 27.8 Å². The average molecular weight is 558 g/mol. The Bertz CT molecular complexity index is 1420. The number of pyridine rings is 1. The summed E-state index contributed by atoms with van der Waals surface area (Å²) in [5, 5.41) is 29.8. The minimum atomic E-state index is -2.42. The molecule has 3 aromatic heterocycles. The number of hydrogen-bond acceptors (Lipinski definition) is 12. The van der Waals surface area contributed by atoms with Gasteiger partial charge in [-0.25, -0.2) is 9.71 Å². The number of fused-ring (bicyclic) bond motifs is 1. The molecule has 1 aromatic carbocycles. The fourth-order valence-electron chi connectivity index (χ4n) is 4.42. The summed E-state index contributed by atoms with van der Waals surface area (Å²) in [6.45, 7) is 4.30. The van der Waals surface area contributed by atoms with Crippen molar-refractivity contribution in [2.45, 2.75) is 19.2 Å². The zero-order valence-corrected chi connectivity index (χ0v) is 22.1. The molecule has 0 amide bonds. The van der Waals surface area contributed by atoms with Gasteiger partial charge in [-0.15, -0.1) is 10.2 Å². The van der Waals surface area contributed by atoms with Crippen LogP contribution in [0.5, 0.6) is 5.88 Å². The van der Waals surface area contributed by atoms with Crippen LogP contribution in [-0.2, 0) is 29.1 Å². The van der Waals surface area contributed by atoms with E-state index >= 15 is 0 Å². The lowest BCUT2D eigenvalue weighted by Gasteiger charge is -2.28. The summed E-state index contributed by atoms with van der Waals surface area (Å²) in [6.07, 6.45) is 2.80. The standard InChI is InChI=1S/C24H30N8O6S/c1-36-23-17(10-28-39(34)35)6-16(9-26-23)15-7-19(20-12-27-29-21(20)8-15)24-31-30-22(38-24)13-25-11-18(33)14-32-2-4-37-5-3-32/h6-9,12,18,25,28,33H,2-5,10-11,13-14H2,1H3,(H,27,29)(H,34,35)/p-1. The van der Waals surface area contributed by atoms with Crippen molar-refractivity contribution in [2.24, 2.45) is 0 Å². The van der Waals surface area contributed by atoms with Crippen molar-refractivity contribution in [3.05, 3.63) is 42.0 Å². The highest BCUT2D eigenvalue weighted by Gasteiger charge is 2.18. The molecular weight excluding hydrogens is 528 g/mol. The van der Waals surface area contributed by atoms with Gasteiger partial charge in [0.2, 0.25) is 17.7 Å². The third-order valence-electron chi connectivity index (χ3n) is 6.32. The van der Waals surface area contributed by atoms with Gasteiger partial charge in [0.1, 0.15) is 0 Å². The molecule has 14 nitrogen and oxygen atoms in total. The fraction of sp³-hybridized carbons (Fsp3) is 0.417. The van der Waals surface area contributed by atoms with Gasteiger partial charge in [0.05, 0.1) is 50.2 Å². The van der Waals surface area contributed by atoms with Crippen LogP contribution >= 0.6 is 0 Å². The molecule has 0 aliphatic carbocycles. The Morgan fingerprint density at radius 2 is 2.05 bits per heavy atom. The monoisotopic (exact) mass is 557 g/mol. The maximum atomic E-state index is 11.0. The number of aliphatic hydroxyl groups is 1. The van der Waals surface area contributed by atoms with Crippen LogP contribution in [0.15, 0.2) is 35.0 Å². The highest BCUT2D eigenvalue weighted by atomic mass is 32.2. The van der Waals surface area contributed by atoms with E-state index in [9.17, 15) is 13.9 Å². The van der Waals surface area contributed by atoms with Gasteiger partial charge in [-0.2, -0.15) is 5.10 Å². The van der Waals surface area contributed by atoms with Crippen LogP contribution in [0.2, 0.25) is 0 Å². The van der Waals surface area contributed by atoms with E-state index in [1.54, 1.807) is 18.5 Å². The average Bonchev–Trinajstić information content (AvgIpc) is 3.61. The minimum absolute atomic E-state index is 0.0282. The van der Waals surface area contributed by atoms with Crippen LogP contribution in [0, 0.1) is 0 Å². The lowest BCUT2D eigenvalue weighted by Crippen LogP contribution is -2.43. The van der Waals surface area contributed by atoms with E-state index in [1.165, 1.54) is 7.11 Å². The topological polar surface area (TPSA) is 187 Å². The first-order valence-corrected chi connectivity index (χ1v) is 13.4. The number of nitrogens with zero attached hydrogens (tertiary/aromatic N) is 5. The second-order valence-electron chi connectivity index (χ2n) is 9.00. The number of ether oxygens (including phenoxy) is 2. The van der Waals surface area contributed by atoms with E-state index in [1.807, 2.05) is 12.1 Å². The largest absolute Gasteiger partial charge is 0.760 e. The second-order valence-corrected chi connectivity index (χ2v) is 9.76. The van der Waals surface area contributed by atoms with Gasteiger partial charge in [0.15, 0.2) is 0 Å². The number of morpholine rings is 1. The third kappa shape index (κ3) is 6.83. The third-order valence-corrected chi connectivity index (χ3v) is 6.70. The Morgan fingerprint density at radius 1 is 1.21 bits per heavy atom. The molecule has 1 aliphatic heterocycles. The Hall–Kier alpha value is -3.31. The van der Waals surface area contributed by atoms with Crippen molar-refractivity contribution in [1.29, 1.82) is 0 Å². The van der Waals surface area contributed by atoms with E-state index in [2.05, 4.69) is 40.3 Å². The van der Waals surface area contributed by atoms with Crippen LogP contribution in [0.25, 0.3) is 33.5 Å². The van der Waals surface area contributed by atoms with Crippen LogP contribution in [0.3, 0.4) is 0 Å². The fourth-order valence-corrected chi connectivity index (χ4v) is 4.70. The van der Waals surface area contributed by atoms with E-state index < -0.39 is 17.4 Å². The zero-order valence-electron chi connectivity index (χ0n) is 21.3. The van der Waals surface area contributed by atoms with Crippen molar-refractivity contribution in [1.82, 2.24) is 40.3 Å². The summed E-state index contributed by atoms with van der Waals surface area (Å²) in [5.41, 5.74) is 3.52. The lowest BCUT2D eigenvalue weighted by atomic mass is 10.0. The Morgan fingerprint density at radius 3 is 2.85 bits per heavy atom. The molecule has 5 rings (SSSR count). The molecule has 4 aromatic rings. The number of aliphatic hydroxyl groups excluding tert-OH is 1. The molecule has 4 heterocycles. The molecule has 1 aliphatic rings. The minimum Gasteiger partial charge on any atom is -0.760 e. The summed E-state index contributed by atoms with van der Waals surface area (Å²) >= 11 is -2.42. The first-order valence-electron chi connectivity index (χ1n) is 12.3. The number of rotatable bonds is 12. The predicted octanol–water partition coefficient (Wildman–Crippen LogP) is 0.350. The van der Waals surface area contributed by atoms with Gasteiger partial charge < -0.3 is 28.9 Å². The highest BCUT2D eigenvalue weighted by molar-refractivity contribution is 7.77. The normalized spacial score (nSPS) is 16.0. The quantitative estimate of drug-likeness (QED) is 0.175. The molecule has 4 N–H and O–H groups in total. The molecule has 15 heteroatoms. The summed E-state index contributed by atoms with van der Waals surface area (Å²) in [7, 11) is 1.47. The lowest BCUT2D eigenvalue weighted by molar-refractivity contribution is 0.0148. The van der Waals surface area contributed by atoms with Gasteiger partial charge in [0.25, 0.3) is 0 Å². The SMILES string of the molecule is COc1ncc(-c2cc(-c3nnc(CNCC(O)CN4CCOCC4)o3)c3cn[nH]c3c2)cc1CNS(=O)[O-]. The van der Waals surface area contributed by atoms with Crippen molar-refractivity contribution in [2.75, 3.05) is 46.5 Å². The van der Waals surface area contributed by atoms with Crippen LogP contribution in [0.4, 0.5) is 0 Å². The second kappa shape index (κ2) is 12.7. The van der Waals surface area contributed by atoms with Crippen LogP contribution < -0.4 is 14.8 Å². The molecule has 0 bridgehead atoms. The van der Waals surface area contributed by atoms with E-state index in [0.29, 0.717) is 61.6 Å². The van der Waals surface area contributed by atoms with Gasteiger partial charge >= 0.3 is 0 Å². The van der Waals surface area contributed by atoms with Crippen LogP contribution in [0.1, 0.15) is 11.5 Å². The van der Waals surface area contributed by atoms with Gasteiger partial charge in [-0.1, -0.05) is 0 Å². The number of hydrogen-bond donors (Lipinski definition) is 4. The summed E-state index contributed by atoms with van der Waals surface area (Å²) in [6, 6.07) is 5.60. The molecule has 0 radical (unpaired) electrons. The number of aromatic amines is 1. The Labute approximate surface area is 226 Å². The number of aromatic nitrogens is 5. The highest BCUT2D eigenvalue weighted by Crippen LogP contribution is 2.33. The van der Waals surface area contributed by atoms with E-state index in [4.69, 9.17) is 13.9 Å². The number of H-pyrrole nitrogens is 1. The number of β-amino-alcohol motifs (C(OH)–C–C–N with tert-alkyl or cyclic N) is 1. The molecular formula is C24H29N8O6S-.